The number of fused-ring (bicyclic) bond motifs is 2. The number of carbonyl (C=O) groups excluding carboxylic acids is 2. The molecule has 2 aliphatic rings. The number of piperazine rings is 1. The fourth-order valence-electron chi connectivity index (χ4n) is 3.90. The molecule has 144 valence electrons. The molecule has 28 heavy (non-hydrogen) atoms. The normalized spacial score (nSPS) is 17.0. The summed E-state index contributed by atoms with van der Waals surface area (Å²) >= 11 is 1.42. The molecule has 1 aromatic carbocycles. The van der Waals surface area contributed by atoms with Crippen LogP contribution in [0.15, 0.2) is 30.3 Å². The summed E-state index contributed by atoms with van der Waals surface area (Å²) in [5.74, 6) is -0.0836. The van der Waals surface area contributed by atoms with Gasteiger partial charge < -0.3 is 9.80 Å². The summed E-state index contributed by atoms with van der Waals surface area (Å²) in [5.41, 5.74) is 2.54. The number of carbonyl (C=O) groups is 2. The maximum Gasteiger partial charge on any atom is 0.282 e. The fraction of sp³-hybridized carbons (Fsp3) is 0.400. The van der Waals surface area contributed by atoms with Crippen LogP contribution in [0.4, 0.5) is 0 Å². The Hall–Kier alpha value is -2.74. The van der Waals surface area contributed by atoms with Gasteiger partial charge in [-0.3, -0.25) is 14.3 Å². The van der Waals surface area contributed by atoms with E-state index >= 15 is 0 Å². The highest BCUT2D eigenvalue weighted by Gasteiger charge is 2.28. The Morgan fingerprint density at radius 1 is 0.929 bits per heavy atom. The van der Waals surface area contributed by atoms with Gasteiger partial charge in [0.1, 0.15) is 0 Å². The minimum atomic E-state index is -0.0502. The third kappa shape index (κ3) is 3.07. The molecule has 0 spiro atoms. The van der Waals surface area contributed by atoms with Gasteiger partial charge in [0, 0.05) is 38.4 Å². The van der Waals surface area contributed by atoms with Gasteiger partial charge in [-0.25, -0.2) is 4.98 Å². The second kappa shape index (κ2) is 7.01. The lowest BCUT2D eigenvalue weighted by Crippen LogP contribution is -2.50. The second-order valence-corrected chi connectivity index (χ2v) is 8.30. The Bertz CT molecular complexity index is 991. The van der Waals surface area contributed by atoms with Crippen LogP contribution in [0, 0.1) is 0 Å². The molecule has 0 atom stereocenters. The van der Waals surface area contributed by atoms with Crippen LogP contribution < -0.4 is 0 Å². The van der Waals surface area contributed by atoms with Crippen LogP contribution in [0.2, 0.25) is 0 Å². The van der Waals surface area contributed by atoms with Crippen molar-refractivity contribution < 1.29 is 9.59 Å². The summed E-state index contributed by atoms with van der Waals surface area (Å²) in [7, 11) is 0. The van der Waals surface area contributed by atoms with Crippen LogP contribution in [-0.4, -0.2) is 62.6 Å². The van der Waals surface area contributed by atoms with E-state index in [4.69, 9.17) is 0 Å². The van der Waals surface area contributed by atoms with Gasteiger partial charge in [-0.2, -0.15) is 5.10 Å². The number of hydrogen-bond acceptors (Lipinski definition) is 5. The summed E-state index contributed by atoms with van der Waals surface area (Å²) in [6.45, 7) is 2.99. The Morgan fingerprint density at radius 2 is 1.68 bits per heavy atom. The average Bonchev–Trinajstić information content (AvgIpc) is 3.37. The molecule has 7 nitrogen and oxygen atoms in total. The van der Waals surface area contributed by atoms with E-state index in [0.29, 0.717) is 36.9 Å². The number of aromatic nitrogens is 3. The number of rotatable bonds is 2. The predicted molar refractivity (Wildman–Crippen MR) is 107 cm³/mol. The predicted octanol–water partition coefficient (Wildman–Crippen LogP) is 2.43. The van der Waals surface area contributed by atoms with Crippen molar-refractivity contribution in [3.8, 4) is 0 Å². The first-order chi connectivity index (χ1) is 13.7. The van der Waals surface area contributed by atoms with Crippen LogP contribution in [0.3, 0.4) is 0 Å². The first-order valence-electron chi connectivity index (χ1n) is 9.70. The zero-order chi connectivity index (χ0) is 19.1. The van der Waals surface area contributed by atoms with Crippen molar-refractivity contribution in [1.82, 2.24) is 24.6 Å². The SMILES string of the molecule is O=C(c1cc2n(n1)CCCC2)N1CCN(C(=O)c2nc3ccccc3s2)CC1. The van der Waals surface area contributed by atoms with Crippen molar-refractivity contribution in [3.05, 3.63) is 46.7 Å². The van der Waals surface area contributed by atoms with Gasteiger partial charge in [-0.1, -0.05) is 12.1 Å². The molecule has 2 aliphatic heterocycles. The van der Waals surface area contributed by atoms with Crippen LogP contribution in [0.5, 0.6) is 0 Å². The standard InChI is InChI=1S/C20H21N5O2S/c26-19(16-13-14-5-3-4-8-25(14)22-16)23-9-11-24(12-10-23)20(27)18-21-15-6-1-2-7-17(15)28-18/h1-2,6-7,13H,3-5,8-12H2. The van der Waals surface area contributed by atoms with Gasteiger partial charge in [0.25, 0.3) is 11.8 Å². The van der Waals surface area contributed by atoms with E-state index in [1.807, 2.05) is 35.0 Å². The monoisotopic (exact) mass is 395 g/mol. The van der Waals surface area contributed by atoms with Crippen molar-refractivity contribution in [2.45, 2.75) is 25.8 Å². The van der Waals surface area contributed by atoms with Crippen LogP contribution in [0.1, 0.15) is 38.8 Å². The highest BCUT2D eigenvalue weighted by molar-refractivity contribution is 7.20. The van der Waals surface area contributed by atoms with Crippen molar-refractivity contribution in [1.29, 1.82) is 0 Å². The van der Waals surface area contributed by atoms with Crippen LogP contribution >= 0.6 is 11.3 Å². The molecular formula is C20H21N5O2S. The number of hydrogen-bond donors (Lipinski definition) is 0. The molecule has 1 saturated heterocycles. The number of amides is 2. The number of thiazole rings is 1. The Balaban J connectivity index is 1.25. The van der Waals surface area contributed by atoms with Crippen molar-refractivity contribution in [2.75, 3.05) is 26.2 Å². The molecule has 5 rings (SSSR count). The summed E-state index contributed by atoms with van der Waals surface area (Å²) in [6.07, 6.45) is 3.27. The molecule has 0 saturated carbocycles. The number of nitrogens with zero attached hydrogens (tertiary/aromatic N) is 5. The molecule has 0 radical (unpaired) electrons. The first kappa shape index (κ1) is 17.4. The maximum absolute atomic E-state index is 12.8. The van der Waals surface area contributed by atoms with E-state index in [9.17, 15) is 9.59 Å². The van der Waals surface area contributed by atoms with E-state index < -0.39 is 0 Å². The molecule has 0 unspecified atom stereocenters. The maximum atomic E-state index is 12.8. The number of para-hydroxylation sites is 1. The summed E-state index contributed by atoms with van der Waals surface area (Å²) in [6, 6.07) is 9.70. The fourth-order valence-corrected chi connectivity index (χ4v) is 4.83. The molecule has 0 aliphatic carbocycles. The highest BCUT2D eigenvalue weighted by atomic mass is 32.1. The zero-order valence-corrected chi connectivity index (χ0v) is 16.3. The smallest absolute Gasteiger partial charge is 0.282 e. The lowest BCUT2D eigenvalue weighted by Gasteiger charge is -2.34. The van der Waals surface area contributed by atoms with Crippen molar-refractivity contribution in [2.24, 2.45) is 0 Å². The Labute approximate surface area is 166 Å². The number of benzene rings is 1. The van der Waals surface area contributed by atoms with Crippen LogP contribution in [-0.2, 0) is 13.0 Å². The minimum Gasteiger partial charge on any atom is -0.334 e. The molecule has 8 heteroatoms. The Kier molecular flexibility index (Phi) is 4.35. The number of aryl methyl sites for hydroxylation is 2. The summed E-state index contributed by atoms with van der Waals surface area (Å²) < 4.78 is 2.98. The average molecular weight is 395 g/mol. The first-order valence-corrected chi connectivity index (χ1v) is 10.5. The van der Waals surface area contributed by atoms with Gasteiger partial charge in [0.2, 0.25) is 0 Å². The molecule has 4 heterocycles. The topological polar surface area (TPSA) is 71.3 Å². The van der Waals surface area contributed by atoms with Gasteiger partial charge >= 0.3 is 0 Å². The van der Waals surface area contributed by atoms with E-state index in [0.717, 1.165) is 41.7 Å². The van der Waals surface area contributed by atoms with Gasteiger partial charge in [-0.05, 0) is 37.5 Å². The summed E-state index contributed by atoms with van der Waals surface area (Å²) in [5, 5.41) is 5.00. The van der Waals surface area contributed by atoms with Crippen molar-refractivity contribution in [3.63, 3.8) is 0 Å². The summed E-state index contributed by atoms with van der Waals surface area (Å²) in [4.78, 5) is 33.7. The van der Waals surface area contributed by atoms with E-state index in [1.165, 1.54) is 11.3 Å². The minimum absolute atomic E-state index is 0.0333. The van der Waals surface area contributed by atoms with Crippen molar-refractivity contribution >= 4 is 33.4 Å². The molecule has 0 N–H and O–H groups in total. The van der Waals surface area contributed by atoms with Crippen LogP contribution in [0.25, 0.3) is 10.2 Å². The van der Waals surface area contributed by atoms with Gasteiger partial charge in [0.05, 0.1) is 10.2 Å². The van der Waals surface area contributed by atoms with E-state index in [-0.39, 0.29) is 11.8 Å². The molecule has 0 bridgehead atoms. The molecule has 2 amide bonds. The third-order valence-corrected chi connectivity index (χ3v) is 6.49. The molecular weight excluding hydrogens is 374 g/mol. The Morgan fingerprint density at radius 3 is 2.43 bits per heavy atom. The van der Waals surface area contributed by atoms with Gasteiger partial charge in [0.15, 0.2) is 10.7 Å². The van der Waals surface area contributed by atoms with E-state index in [1.54, 1.807) is 9.80 Å². The second-order valence-electron chi connectivity index (χ2n) is 7.27. The zero-order valence-electron chi connectivity index (χ0n) is 15.5. The van der Waals surface area contributed by atoms with Gasteiger partial charge in [-0.15, -0.1) is 11.3 Å². The molecule has 1 fully saturated rings. The lowest BCUT2D eigenvalue weighted by atomic mass is 10.1. The molecule has 3 aromatic rings. The highest BCUT2D eigenvalue weighted by Crippen LogP contribution is 2.23. The third-order valence-electron chi connectivity index (χ3n) is 5.47. The van der Waals surface area contributed by atoms with E-state index in [2.05, 4.69) is 10.1 Å². The molecule has 2 aromatic heterocycles. The quantitative estimate of drug-likeness (QED) is 0.668. The lowest BCUT2D eigenvalue weighted by molar-refractivity contribution is 0.0531. The largest absolute Gasteiger partial charge is 0.334 e.